The van der Waals surface area contributed by atoms with E-state index in [2.05, 4.69) is 0 Å². The SMILES string of the molecule is COc1cc(CN)cc(Cl)c1OCc1ccc(F)cc1F. The molecule has 0 fully saturated rings. The molecule has 2 aromatic rings. The van der Waals surface area contributed by atoms with Gasteiger partial charge < -0.3 is 15.2 Å². The summed E-state index contributed by atoms with van der Waals surface area (Å²) in [5.74, 6) is -0.617. The summed E-state index contributed by atoms with van der Waals surface area (Å²) >= 11 is 6.11. The van der Waals surface area contributed by atoms with E-state index in [4.69, 9.17) is 26.8 Å². The van der Waals surface area contributed by atoms with Crippen LogP contribution in [0.2, 0.25) is 5.02 Å². The van der Waals surface area contributed by atoms with Crippen LogP contribution in [0.3, 0.4) is 0 Å². The number of benzene rings is 2. The zero-order valence-corrected chi connectivity index (χ0v) is 12.1. The normalized spacial score (nSPS) is 10.5. The highest BCUT2D eigenvalue weighted by Crippen LogP contribution is 2.37. The molecule has 2 rings (SSSR count). The van der Waals surface area contributed by atoms with E-state index >= 15 is 0 Å². The minimum absolute atomic E-state index is 0.0931. The van der Waals surface area contributed by atoms with Crippen molar-refractivity contribution in [2.75, 3.05) is 7.11 Å². The van der Waals surface area contributed by atoms with Crippen molar-refractivity contribution in [1.82, 2.24) is 0 Å². The standard InChI is InChI=1S/C15H14ClF2NO2/c1-20-14-5-9(7-19)4-12(16)15(14)21-8-10-2-3-11(17)6-13(10)18/h2-6H,7-8,19H2,1H3. The van der Waals surface area contributed by atoms with Gasteiger partial charge in [0.2, 0.25) is 0 Å². The molecular weight excluding hydrogens is 300 g/mol. The van der Waals surface area contributed by atoms with Crippen molar-refractivity contribution in [2.24, 2.45) is 5.73 Å². The Morgan fingerprint density at radius 2 is 1.95 bits per heavy atom. The van der Waals surface area contributed by atoms with Gasteiger partial charge in [0, 0.05) is 18.2 Å². The highest BCUT2D eigenvalue weighted by molar-refractivity contribution is 6.32. The highest BCUT2D eigenvalue weighted by Gasteiger charge is 2.13. The van der Waals surface area contributed by atoms with E-state index in [0.717, 1.165) is 17.7 Å². The van der Waals surface area contributed by atoms with E-state index in [1.54, 1.807) is 12.1 Å². The van der Waals surface area contributed by atoms with E-state index in [9.17, 15) is 8.78 Å². The molecule has 3 nitrogen and oxygen atoms in total. The van der Waals surface area contributed by atoms with E-state index in [1.807, 2.05) is 0 Å². The number of hydrogen-bond acceptors (Lipinski definition) is 3. The number of hydrogen-bond donors (Lipinski definition) is 1. The molecule has 2 aromatic carbocycles. The average Bonchev–Trinajstić information content (AvgIpc) is 2.46. The van der Waals surface area contributed by atoms with Gasteiger partial charge in [-0.05, 0) is 29.8 Å². The van der Waals surface area contributed by atoms with Crippen LogP contribution >= 0.6 is 11.6 Å². The molecule has 0 unspecified atom stereocenters. The van der Waals surface area contributed by atoms with Gasteiger partial charge in [0.05, 0.1) is 12.1 Å². The summed E-state index contributed by atoms with van der Waals surface area (Å²) in [6, 6.07) is 6.63. The van der Waals surface area contributed by atoms with Gasteiger partial charge in [0.15, 0.2) is 11.5 Å². The summed E-state index contributed by atoms with van der Waals surface area (Å²) in [5.41, 5.74) is 6.56. The minimum atomic E-state index is -0.677. The predicted molar refractivity (Wildman–Crippen MR) is 76.6 cm³/mol. The maximum atomic E-state index is 13.6. The average molecular weight is 314 g/mol. The number of nitrogens with two attached hydrogens (primary N) is 1. The molecule has 21 heavy (non-hydrogen) atoms. The molecule has 0 aliphatic rings. The second-order valence-electron chi connectivity index (χ2n) is 4.34. The van der Waals surface area contributed by atoms with Crippen LogP contribution in [-0.2, 0) is 13.2 Å². The van der Waals surface area contributed by atoms with Gasteiger partial charge in [-0.2, -0.15) is 0 Å². The number of rotatable bonds is 5. The molecule has 0 radical (unpaired) electrons. The molecule has 0 aliphatic carbocycles. The van der Waals surface area contributed by atoms with Crippen molar-refractivity contribution >= 4 is 11.6 Å². The van der Waals surface area contributed by atoms with Gasteiger partial charge in [-0.1, -0.05) is 11.6 Å². The van der Waals surface area contributed by atoms with Gasteiger partial charge in [0.1, 0.15) is 18.2 Å². The number of halogens is 3. The molecule has 0 amide bonds. The van der Waals surface area contributed by atoms with Gasteiger partial charge in [0.25, 0.3) is 0 Å². The summed E-state index contributed by atoms with van der Waals surface area (Å²) in [5, 5.41) is 0.317. The molecule has 112 valence electrons. The van der Waals surface area contributed by atoms with Crippen molar-refractivity contribution in [3.05, 3.63) is 58.1 Å². The molecule has 0 spiro atoms. The van der Waals surface area contributed by atoms with Crippen LogP contribution < -0.4 is 15.2 Å². The van der Waals surface area contributed by atoms with Gasteiger partial charge >= 0.3 is 0 Å². The van der Waals surface area contributed by atoms with Crippen molar-refractivity contribution < 1.29 is 18.3 Å². The number of methoxy groups -OCH3 is 1. The predicted octanol–water partition coefficient (Wildman–Crippen LogP) is 3.66. The lowest BCUT2D eigenvalue weighted by atomic mass is 10.2. The Kier molecular flexibility index (Phi) is 4.98. The minimum Gasteiger partial charge on any atom is -0.493 e. The lowest BCUT2D eigenvalue weighted by molar-refractivity contribution is 0.279. The second kappa shape index (κ2) is 6.74. The Morgan fingerprint density at radius 3 is 2.57 bits per heavy atom. The molecule has 0 saturated heterocycles. The summed E-state index contributed by atoms with van der Waals surface area (Å²) in [6.07, 6.45) is 0. The third kappa shape index (κ3) is 3.62. The van der Waals surface area contributed by atoms with E-state index < -0.39 is 11.6 Å². The van der Waals surface area contributed by atoms with Gasteiger partial charge in [-0.15, -0.1) is 0 Å². The lowest BCUT2D eigenvalue weighted by Crippen LogP contribution is -2.03. The van der Waals surface area contributed by atoms with Crippen LogP contribution in [0.15, 0.2) is 30.3 Å². The monoisotopic (exact) mass is 313 g/mol. The maximum Gasteiger partial charge on any atom is 0.180 e. The van der Waals surface area contributed by atoms with Gasteiger partial charge in [-0.3, -0.25) is 0 Å². The molecule has 2 N–H and O–H groups in total. The van der Waals surface area contributed by atoms with E-state index in [1.165, 1.54) is 13.2 Å². The first-order valence-electron chi connectivity index (χ1n) is 6.18. The fourth-order valence-corrected chi connectivity index (χ4v) is 2.11. The highest BCUT2D eigenvalue weighted by atomic mass is 35.5. The quantitative estimate of drug-likeness (QED) is 0.916. The Labute approximate surface area is 126 Å². The lowest BCUT2D eigenvalue weighted by Gasteiger charge is -2.14. The van der Waals surface area contributed by atoms with Crippen LogP contribution in [0, 0.1) is 11.6 Å². The fourth-order valence-electron chi connectivity index (χ4n) is 1.82. The van der Waals surface area contributed by atoms with Crippen LogP contribution in [0.5, 0.6) is 11.5 Å². The topological polar surface area (TPSA) is 44.5 Å². The summed E-state index contributed by atoms with van der Waals surface area (Å²) < 4.78 is 37.1. The van der Waals surface area contributed by atoms with Crippen LogP contribution in [0.1, 0.15) is 11.1 Å². The zero-order chi connectivity index (χ0) is 15.4. The number of ether oxygens (including phenoxy) is 2. The van der Waals surface area contributed by atoms with E-state index in [-0.39, 0.29) is 12.2 Å². The second-order valence-corrected chi connectivity index (χ2v) is 4.74. The van der Waals surface area contributed by atoms with Crippen LogP contribution in [0.25, 0.3) is 0 Å². The van der Waals surface area contributed by atoms with Crippen molar-refractivity contribution in [2.45, 2.75) is 13.2 Å². The Morgan fingerprint density at radius 1 is 1.19 bits per heavy atom. The van der Waals surface area contributed by atoms with Crippen molar-refractivity contribution in [1.29, 1.82) is 0 Å². The maximum absolute atomic E-state index is 13.6. The van der Waals surface area contributed by atoms with Crippen LogP contribution in [-0.4, -0.2) is 7.11 Å². The van der Waals surface area contributed by atoms with Crippen molar-refractivity contribution in [3.63, 3.8) is 0 Å². The summed E-state index contributed by atoms with van der Waals surface area (Å²) in [4.78, 5) is 0. The third-order valence-corrected chi connectivity index (χ3v) is 3.19. The molecule has 6 heteroatoms. The molecule has 0 aromatic heterocycles. The first-order chi connectivity index (χ1) is 10.0. The third-order valence-electron chi connectivity index (χ3n) is 2.91. The molecular formula is C15H14ClF2NO2. The molecule has 0 aliphatic heterocycles. The Hall–Kier alpha value is -1.85. The molecule has 0 saturated carbocycles. The molecule has 0 bridgehead atoms. The molecule has 0 atom stereocenters. The first-order valence-corrected chi connectivity index (χ1v) is 6.56. The largest absolute Gasteiger partial charge is 0.493 e. The molecule has 0 heterocycles. The first kappa shape index (κ1) is 15.5. The summed E-state index contributed by atoms with van der Waals surface area (Å²) in [7, 11) is 1.47. The smallest absolute Gasteiger partial charge is 0.180 e. The fraction of sp³-hybridized carbons (Fsp3) is 0.200. The zero-order valence-electron chi connectivity index (χ0n) is 11.3. The van der Waals surface area contributed by atoms with Gasteiger partial charge in [-0.25, -0.2) is 8.78 Å². The van der Waals surface area contributed by atoms with Crippen molar-refractivity contribution in [3.8, 4) is 11.5 Å². The van der Waals surface area contributed by atoms with Crippen LogP contribution in [0.4, 0.5) is 8.78 Å². The summed E-state index contributed by atoms with van der Waals surface area (Å²) in [6.45, 7) is 0.215. The Balaban J connectivity index is 2.23. The van der Waals surface area contributed by atoms with E-state index in [0.29, 0.717) is 23.1 Å². The Bertz CT molecular complexity index is 650.